The Morgan fingerprint density at radius 1 is 1.36 bits per heavy atom. The summed E-state index contributed by atoms with van der Waals surface area (Å²) in [6.07, 6.45) is 8.63. The van der Waals surface area contributed by atoms with Crippen LogP contribution in [0.3, 0.4) is 0 Å². The molecule has 0 aromatic rings. The standard InChI is InChI=1S/C12H20N2/c1-5-7-12(4)14-10-13-9-8-11(3)6-2/h5,7-9,14H,1,6,10H2,2-4H3/b11-8-,12-7+,13-9-. The van der Waals surface area contributed by atoms with Gasteiger partial charge in [-0.1, -0.05) is 25.2 Å². The Bertz CT molecular complexity index is 247. The first kappa shape index (κ1) is 12.7. The summed E-state index contributed by atoms with van der Waals surface area (Å²) in [6.45, 7) is 10.5. The summed E-state index contributed by atoms with van der Waals surface area (Å²) in [7, 11) is 0. The lowest BCUT2D eigenvalue weighted by Crippen LogP contribution is -2.10. The van der Waals surface area contributed by atoms with E-state index in [2.05, 4.69) is 30.7 Å². The van der Waals surface area contributed by atoms with E-state index in [1.54, 1.807) is 6.08 Å². The highest BCUT2D eigenvalue weighted by Crippen LogP contribution is 1.94. The van der Waals surface area contributed by atoms with E-state index in [0.717, 1.165) is 12.1 Å². The Kier molecular flexibility index (Phi) is 7.52. The zero-order chi connectivity index (χ0) is 10.8. The highest BCUT2D eigenvalue weighted by molar-refractivity contribution is 5.71. The molecule has 1 N–H and O–H groups in total. The van der Waals surface area contributed by atoms with Crippen molar-refractivity contribution in [1.29, 1.82) is 0 Å². The maximum absolute atomic E-state index is 4.19. The van der Waals surface area contributed by atoms with Crippen LogP contribution in [0.5, 0.6) is 0 Å². The first-order chi connectivity index (χ1) is 6.70. The summed E-state index contributed by atoms with van der Waals surface area (Å²) >= 11 is 0. The van der Waals surface area contributed by atoms with Crippen molar-refractivity contribution in [2.45, 2.75) is 27.2 Å². The topological polar surface area (TPSA) is 24.4 Å². The van der Waals surface area contributed by atoms with Gasteiger partial charge in [0.2, 0.25) is 0 Å². The van der Waals surface area contributed by atoms with Gasteiger partial charge < -0.3 is 5.32 Å². The molecular weight excluding hydrogens is 172 g/mol. The van der Waals surface area contributed by atoms with E-state index in [-0.39, 0.29) is 0 Å². The average molecular weight is 192 g/mol. The number of allylic oxidation sites excluding steroid dienone is 5. The maximum atomic E-state index is 4.19. The Hall–Kier alpha value is -1.31. The quantitative estimate of drug-likeness (QED) is 0.507. The number of hydrogen-bond donors (Lipinski definition) is 1. The van der Waals surface area contributed by atoms with Gasteiger partial charge in [-0.2, -0.15) is 0 Å². The molecule has 2 heteroatoms. The Morgan fingerprint density at radius 3 is 2.64 bits per heavy atom. The maximum Gasteiger partial charge on any atom is 0.107 e. The van der Waals surface area contributed by atoms with Crippen LogP contribution in [-0.4, -0.2) is 12.9 Å². The first-order valence-electron chi connectivity index (χ1n) is 4.89. The summed E-state index contributed by atoms with van der Waals surface area (Å²) in [5.74, 6) is 0. The van der Waals surface area contributed by atoms with Crippen molar-refractivity contribution in [3.63, 3.8) is 0 Å². The van der Waals surface area contributed by atoms with Crippen LogP contribution in [0.2, 0.25) is 0 Å². The molecule has 0 aromatic carbocycles. The van der Waals surface area contributed by atoms with Crippen LogP contribution >= 0.6 is 0 Å². The van der Waals surface area contributed by atoms with Gasteiger partial charge in [-0.25, -0.2) is 0 Å². The van der Waals surface area contributed by atoms with E-state index < -0.39 is 0 Å². The van der Waals surface area contributed by atoms with Crippen molar-refractivity contribution >= 4 is 6.21 Å². The van der Waals surface area contributed by atoms with E-state index in [4.69, 9.17) is 0 Å². The number of nitrogens with one attached hydrogen (secondary N) is 1. The highest BCUT2D eigenvalue weighted by Gasteiger charge is 1.82. The predicted octanol–water partition coefficient (Wildman–Crippen LogP) is 3.05. The second-order valence-corrected chi connectivity index (χ2v) is 3.12. The molecule has 0 aliphatic heterocycles. The molecule has 0 rings (SSSR count). The fraction of sp³-hybridized carbons (Fsp3) is 0.417. The third kappa shape index (κ3) is 7.35. The summed E-state index contributed by atoms with van der Waals surface area (Å²) < 4.78 is 0. The van der Waals surface area contributed by atoms with Gasteiger partial charge >= 0.3 is 0 Å². The Morgan fingerprint density at radius 2 is 2.07 bits per heavy atom. The summed E-state index contributed by atoms with van der Waals surface area (Å²) in [4.78, 5) is 4.19. The second-order valence-electron chi connectivity index (χ2n) is 3.12. The van der Waals surface area contributed by atoms with Gasteiger partial charge in [-0.15, -0.1) is 0 Å². The van der Waals surface area contributed by atoms with Crippen molar-refractivity contribution in [3.8, 4) is 0 Å². The van der Waals surface area contributed by atoms with E-state index in [1.165, 1.54) is 5.57 Å². The SMILES string of the molecule is C=C/C=C(\C)NC/N=C\C=C(\C)CC. The molecular formula is C12H20N2. The van der Waals surface area contributed by atoms with Crippen LogP contribution in [0.25, 0.3) is 0 Å². The molecule has 0 atom stereocenters. The molecule has 0 heterocycles. The molecule has 0 radical (unpaired) electrons. The number of rotatable bonds is 6. The average Bonchev–Trinajstić information content (AvgIpc) is 2.17. The van der Waals surface area contributed by atoms with E-state index in [1.807, 2.05) is 25.3 Å². The van der Waals surface area contributed by atoms with Gasteiger partial charge in [0, 0.05) is 11.9 Å². The van der Waals surface area contributed by atoms with Gasteiger partial charge in [-0.05, 0) is 32.4 Å². The van der Waals surface area contributed by atoms with Gasteiger partial charge in [0.15, 0.2) is 0 Å². The Labute approximate surface area is 87.1 Å². The first-order valence-corrected chi connectivity index (χ1v) is 4.89. The third-order valence-electron chi connectivity index (χ3n) is 1.84. The molecule has 0 aromatic heterocycles. The van der Waals surface area contributed by atoms with E-state index in [9.17, 15) is 0 Å². The minimum atomic E-state index is 0.615. The van der Waals surface area contributed by atoms with Crippen molar-refractivity contribution in [2.24, 2.45) is 4.99 Å². The van der Waals surface area contributed by atoms with Crippen LogP contribution in [-0.2, 0) is 0 Å². The zero-order valence-corrected chi connectivity index (χ0v) is 9.38. The molecule has 0 spiro atoms. The highest BCUT2D eigenvalue weighted by atomic mass is 15.0. The summed E-state index contributed by atoms with van der Waals surface area (Å²) in [6, 6.07) is 0. The molecule has 14 heavy (non-hydrogen) atoms. The monoisotopic (exact) mass is 192 g/mol. The second kappa shape index (κ2) is 8.30. The number of nitrogens with zero attached hydrogens (tertiary/aromatic N) is 1. The minimum Gasteiger partial charge on any atom is -0.370 e. The van der Waals surface area contributed by atoms with Gasteiger partial charge in [0.05, 0.1) is 0 Å². The molecule has 0 fully saturated rings. The lowest BCUT2D eigenvalue weighted by atomic mass is 10.2. The van der Waals surface area contributed by atoms with Crippen LogP contribution in [0.4, 0.5) is 0 Å². The summed E-state index contributed by atoms with van der Waals surface area (Å²) in [5, 5.41) is 3.14. The largest absolute Gasteiger partial charge is 0.370 e. The van der Waals surface area contributed by atoms with Gasteiger partial charge in [0.25, 0.3) is 0 Å². The fourth-order valence-electron chi connectivity index (χ4n) is 0.757. The number of hydrogen-bond acceptors (Lipinski definition) is 2. The van der Waals surface area contributed by atoms with Gasteiger partial charge in [0.1, 0.15) is 6.67 Å². The zero-order valence-electron chi connectivity index (χ0n) is 9.38. The fourth-order valence-corrected chi connectivity index (χ4v) is 0.757. The van der Waals surface area contributed by atoms with Crippen LogP contribution < -0.4 is 5.32 Å². The normalized spacial score (nSPS) is 13.4. The van der Waals surface area contributed by atoms with Crippen molar-refractivity contribution in [2.75, 3.05) is 6.67 Å². The molecule has 0 amide bonds. The molecule has 0 saturated heterocycles. The molecule has 0 aliphatic rings. The molecule has 0 saturated carbocycles. The third-order valence-corrected chi connectivity index (χ3v) is 1.84. The van der Waals surface area contributed by atoms with E-state index >= 15 is 0 Å². The Balaban J connectivity index is 3.74. The van der Waals surface area contributed by atoms with Gasteiger partial charge in [-0.3, -0.25) is 4.99 Å². The lowest BCUT2D eigenvalue weighted by Gasteiger charge is -2.00. The van der Waals surface area contributed by atoms with E-state index in [0.29, 0.717) is 6.67 Å². The van der Waals surface area contributed by atoms with Crippen LogP contribution in [0.15, 0.2) is 41.1 Å². The van der Waals surface area contributed by atoms with Crippen molar-refractivity contribution < 1.29 is 0 Å². The van der Waals surface area contributed by atoms with Crippen LogP contribution in [0.1, 0.15) is 27.2 Å². The molecule has 2 nitrogen and oxygen atoms in total. The molecule has 0 unspecified atom stereocenters. The minimum absolute atomic E-state index is 0.615. The molecule has 78 valence electrons. The predicted molar refractivity (Wildman–Crippen MR) is 64.5 cm³/mol. The van der Waals surface area contributed by atoms with Crippen molar-refractivity contribution in [3.05, 3.63) is 36.1 Å². The van der Waals surface area contributed by atoms with Crippen molar-refractivity contribution in [1.82, 2.24) is 5.32 Å². The molecule has 0 bridgehead atoms. The molecule has 0 aliphatic carbocycles. The lowest BCUT2D eigenvalue weighted by molar-refractivity contribution is 0.831. The number of aliphatic imine (C=N–C) groups is 1. The smallest absolute Gasteiger partial charge is 0.107 e. The summed E-state index contributed by atoms with van der Waals surface area (Å²) in [5.41, 5.74) is 2.42. The van der Waals surface area contributed by atoms with Crippen LogP contribution in [0, 0.1) is 0 Å².